The number of rotatable bonds is 6. The Morgan fingerprint density at radius 1 is 0.431 bits per heavy atom. The second kappa shape index (κ2) is 11.9. The van der Waals surface area contributed by atoms with Crippen molar-refractivity contribution < 1.29 is 4.42 Å². The first kappa shape index (κ1) is 29.0. The van der Waals surface area contributed by atoms with Crippen LogP contribution in [0.3, 0.4) is 0 Å². The van der Waals surface area contributed by atoms with Crippen molar-refractivity contribution in [1.29, 1.82) is 0 Å². The maximum Gasteiger partial charge on any atom is 0.227 e. The van der Waals surface area contributed by atoms with Gasteiger partial charge in [-0.3, -0.25) is 0 Å². The highest BCUT2D eigenvalue weighted by molar-refractivity contribution is 6.10. The fourth-order valence-corrected chi connectivity index (χ4v) is 7.37. The lowest BCUT2D eigenvalue weighted by atomic mass is 10.00. The molecule has 10 aromatic rings. The molecule has 0 aliphatic heterocycles. The molecule has 0 bridgehead atoms. The Balaban J connectivity index is 1.08. The van der Waals surface area contributed by atoms with Crippen molar-refractivity contribution in [2.24, 2.45) is 0 Å². The zero-order valence-corrected chi connectivity index (χ0v) is 27.6. The van der Waals surface area contributed by atoms with Crippen LogP contribution in [0.15, 0.2) is 192 Å². The van der Waals surface area contributed by atoms with Crippen LogP contribution in [0.1, 0.15) is 0 Å². The molecule has 0 N–H and O–H groups in total. The van der Waals surface area contributed by atoms with Gasteiger partial charge in [-0.15, -0.1) is 0 Å². The van der Waals surface area contributed by atoms with Crippen molar-refractivity contribution in [2.75, 3.05) is 4.90 Å². The average Bonchev–Trinajstić information content (AvgIpc) is 3.79. The van der Waals surface area contributed by atoms with Crippen LogP contribution in [0.4, 0.5) is 17.1 Å². The fraction of sp³-hybridized carbons (Fsp3) is 0. The molecule has 0 fully saturated rings. The molecule has 10 rings (SSSR count). The summed E-state index contributed by atoms with van der Waals surface area (Å²) in [6.45, 7) is 0. The van der Waals surface area contributed by atoms with Gasteiger partial charge in [-0.05, 0) is 95.4 Å². The molecule has 4 nitrogen and oxygen atoms in total. The summed E-state index contributed by atoms with van der Waals surface area (Å²) in [4.78, 5) is 7.14. The third kappa shape index (κ3) is 4.96. The number of nitrogens with zero attached hydrogens (tertiary/aromatic N) is 3. The normalized spacial score (nSPS) is 11.5. The molecular formula is C47H31N3O. The molecule has 240 valence electrons. The number of para-hydroxylation sites is 3. The highest BCUT2D eigenvalue weighted by atomic mass is 16.3. The van der Waals surface area contributed by atoms with Gasteiger partial charge in [0, 0.05) is 44.5 Å². The molecule has 51 heavy (non-hydrogen) atoms. The van der Waals surface area contributed by atoms with Crippen molar-refractivity contribution in [3.8, 4) is 28.3 Å². The highest BCUT2D eigenvalue weighted by Crippen LogP contribution is 2.40. The minimum atomic E-state index is 0.635. The summed E-state index contributed by atoms with van der Waals surface area (Å²) >= 11 is 0. The van der Waals surface area contributed by atoms with Crippen LogP contribution < -0.4 is 4.90 Å². The second-order valence-corrected chi connectivity index (χ2v) is 12.8. The van der Waals surface area contributed by atoms with Crippen LogP contribution in [0.5, 0.6) is 0 Å². The van der Waals surface area contributed by atoms with E-state index in [1.165, 1.54) is 21.8 Å². The van der Waals surface area contributed by atoms with Crippen molar-refractivity contribution in [1.82, 2.24) is 9.55 Å². The monoisotopic (exact) mass is 653 g/mol. The summed E-state index contributed by atoms with van der Waals surface area (Å²) in [6, 6.07) is 66.3. The number of anilines is 3. The molecule has 4 heteroatoms. The molecule has 2 aromatic heterocycles. The molecule has 0 saturated carbocycles. The fourth-order valence-electron chi connectivity index (χ4n) is 7.37. The Kier molecular flexibility index (Phi) is 6.78. The lowest BCUT2D eigenvalue weighted by Gasteiger charge is -2.26. The summed E-state index contributed by atoms with van der Waals surface area (Å²) in [6.07, 6.45) is 0. The largest absolute Gasteiger partial charge is 0.435 e. The lowest BCUT2D eigenvalue weighted by Crippen LogP contribution is -2.10. The summed E-state index contributed by atoms with van der Waals surface area (Å²) in [5.41, 5.74) is 11.7. The molecule has 2 heterocycles. The van der Waals surface area contributed by atoms with Gasteiger partial charge in [0.15, 0.2) is 5.58 Å². The Morgan fingerprint density at radius 2 is 1.06 bits per heavy atom. The van der Waals surface area contributed by atoms with E-state index in [9.17, 15) is 0 Å². The van der Waals surface area contributed by atoms with E-state index in [1.807, 2.05) is 36.4 Å². The van der Waals surface area contributed by atoms with Gasteiger partial charge in [0.05, 0.1) is 11.0 Å². The van der Waals surface area contributed by atoms with Crippen molar-refractivity contribution in [2.45, 2.75) is 0 Å². The maximum absolute atomic E-state index is 6.37. The van der Waals surface area contributed by atoms with Crippen LogP contribution in [0.25, 0.3) is 71.9 Å². The zero-order chi connectivity index (χ0) is 33.7. The zero-order valence-electron chi connectivity index (χ0n) is 27.6. The Bertz CT molecular complexity index is 2840. The van der Waals surface area contributed by atoms with Crippen LogP contribution in [-0.2, 0) is 0 Å². The SMILES string of the molecule is c1ccc(-c2nc3ccc4ccc(-c5ccc(N(c6ccccc6)c6ccc7c8ccccc8n(-c8ccccc8)c7c6)cc5)cc4c3o2)cc1. The first-order valence-electron chi connectivity index (χ1n) is 17.2. The van der Waals surface area contributed by atoms with Gasteiger partial charge in [-0.25, -0.2) is 4.98 Å². The van der Waals surface area contributed by atoms with Crippen LogP contribution >= 0.6 is 0 Å². The molecule has 8 aromatic carbocycles. The topological polar surface area (TPSA) is 34.2 Å². The van der Waals surface area contributed by atoms with Crippen LogP contribution in [-0.4, -0.2) is 9.55 Å². The van der Waals surface area contributed by atoms with Gasteiger partial charge in [0.25, 0.3) is 0 Å². The molecule has 0 saturated heterocycles. The van der Waals surface area contributed by atoms with Gasteiger partial charge in [0.2, 0.25) is 5.89 Å². The lowest BCUT2D eigenvalue weighted by molar-refractivity contribution is 0.623. The van der Waals surface area contributed by atoms with E-state index in [2.05, 4.69) is 161 Å². The van der Waals surface area contributed by atoms with Crippen LogP contribution in [0.2, 0.25) is 0 Å². The molecule has 0 aliphatic carbocycles. The standard InChI is InChI=1S/C47H31N3O/c1-4-12-34(13-5-1)47-48-43-29-24-33-20-21-35(30-42(33)46(43)51-47)32-22-25-38(26-23-32)49(36-14-6-2-7-15-36)39-27-28-41-40-18-10-11-19-44(40)50(45(41)31-39)37-16-8-3-9-17-37/h1-31H. The Morgan fingerprint density at radius 3 is 1.86 bits per heavy atom. The quantitative estimate of drug-likeness (QED) is 0.179. The predicted octanol–water partition coefficient (Wildman–Crippen LogP) is 12.9. The van der Waals surface area contributed by atoms with Gasteiger partial charge in [-0.2, -0.15) is 0 Å². The van der Waals surface area contributed by atoms with Gasteiger partial charge in [-0.1, -0.05) is 109 Å². The first-order valence-corrected chi connectivity index (χ1v) is 17.2. The average molecular weight is 654 g/mol. The highest BCUT2D eigenvalue weighted by Gasteiger charge is 2.18. The number of hydrogen-bond donors (Lipinski definition) is 0. The number of benzene rings is 8. The van der Waals surface area contributed by atoms with Gasteiger partial charge >= 0.3 is 0 Å². The third-order valence-electron chi connectivity index (χ3n) is 9.80. The van der Waals surface area contributed by atoms with E-state index in [4.69, 9.17) is 9.40 Å². The second-order valence-electron chi connectivity index (χ2n) is 12.8. The minimum absolute atomic E-state index is 0.635. The van der Waals surface area contributed by atoms with Gasteiger partial charge < -0.3 is 13.9 Å². The van der Waals surface area contributed by atoms with E-state index in [1.54, 1.807) is 0 Å². The molecular weight excluding hydrogens is 623 g/mol. The maximum atomic E-state index is 6.37. The van der Waals surface area contributed by atoms with Crippen LogP contribution in [0, 0.1) is 0 Å². The van der Waals surface area contributed by atoms with E-state index >= 15 is 0 Å². The Labute approximate surface area is 295 Å². The molecule has 0 aliphatic rings. The molecule has 0 atom stereocenters. The molecule has 0 radical (unpaired) electrons. The number of fused-ring (bicyclic) bond motifs is 6. The molecule has 0 unspecified atom stereocenters. The van der Waals surface area contributed by atoms with E-state index in [-0.39, 0.29) is 0 Å². The number of hydrogen-bond acceptors (Lipinski definition) is 3. The van der Waals surface area contributed by atoms with Crippen molar-refractivity contribution in [3.63, 3.8) is 0 Å². The third-order valence-corrected chi connectivity index (χ3v) is 9.80. The summed E-state index contributed by atoms with van der Waals surface area (Å²) in [5, 5.41) is 4.65. The van der Waals surface area contributed by atoms with Crippen molar-refractivity contribution in [3.05, 3.63) is 188 Å². The van der Waals surface area contributed by atoms with E-state index in [0.717, 1.165) is 61.3 Å². The van der Waals surface area contributed by atoms with E-state index in [0.29, 0.717) is 5.89 Å². The van der Waals surface area contributed by atoms with E-state index < -0.39 is 0 Å². The molecule has 0 spiro atoms. The van der Waals surface area contributed by atoms with Crippen molar-refractivity contribution >= 4 is 60.7 Å². The summed E-state index contributed by atoms with van der Waals surface area (Å²) in [5.74, 6) is 0.635. The summed E-state index contributed by atoms with van der Waals surface area (Å²) < 4.78 is 8.74. The van der Waals surface area contributed by atoms with Gasteiger partial charge in [0.1, 0.15) is 5.52 Å². The Hall–Kier alpha value is -6.91. The number of aromatic nitrogens is 2. The smallest absolute Gasteiger partial charge is 0.227 e. The predicted molar refractivity (Wildman–Crippen MR) is 211 cm³/mol. The molecule has 0 amide bonds. The summed E-state index contributed by atoms with van der Waals surface area (Å²) in [7, 11) is 0. The number of oxazole rings is 1. The minimum Gasteiger partial charge on any atom is -0.435 e. The first-order chi connectivity index (χ1) is 25.3.